The number of ketones is 1. The van der Waals surface area contributed by atoms with E-state index in [-0.39, 0.29) is 16.4 Å². The molecule has 3 rings (SSSR count). The normalized spacial score (nSPS) is 18.2. The van der Waals surface area contributed by atoms with Crippen molar-refractivity contribution in [2.24, 2.45) is 0 Å². The summed E-state index contributed by atoms with van der Waals surface area (Å²) in [6.45, 7) is 7.16. The van der Waals surface area contributed by atoms with Crippen LogP contribution in [0.5, 0.6) is 5.75 Å². The highest BCUT2D eigenvalue weighted by atomic mass is 35.5. The first-order chi connectivity index (χ1) is 14.9. The number of halogens is 1. The van der Waals surface area contributed by atoms with Gasteiger partial charge in [-0.1, -0.05) is 25.4 Å². The van der Waals surface area contributed by atoms with E-state index in [0.29, 0.717) is 30.0 Å². The standard InChI is InChI=1S/C23H27ClN2O5/c1-4-25(5-2)11-7-12-26-20(18-8-6-13-31-18)19(22(28)23(26)29)21(27)15-9-10-17(30-3)16(24)14-15/h6,8-10,13-14,20,27H,4-5,7,11-12H2,1-3H3/b21-19-. The van der Waals surface area contributed by atoms with Gasteiger partial charge in [-0.2, -0.15) is 0 Å². The van der Waals surface area contributed by atoms with Gasteiger partial charge in [0.05, 0.1) is 24.0 Å². The van der Waals surface area contributed by atoms with E-state index >= 15 is 0 Å². The number of hydrogen-bond acceptors (Lipinski definition) is 6. The van der Waals surface area contributed by atoms with Gasteiger partial charge in [0.15, 0.2) is 0 Å². The quantitative estimate of drug-likeness (QED) is 0.355. The van der Waals surface area contributed by atoms with Crippen molar-refractivity contribution in [3.63, 3.8) is 0 Å². The number of hydrogen-bond donors (Lipinski definition) is 1. The number of amides is 1. The summed E-state index contributed by atoms with van der Waals surface area (Å²) in [5.41, 5.74) is 0.313. The van der Waals surface area contributed by atoms with Crippen LogP contribution < -0.4 is 4.74 Å². The van der Waals surface area contributed by atoms with Crippen LogP contribution in [0, 0.1) is 0 Å². The van der Waals surface area contributed by atoms with Crippen molar-refractivity contribution < 1.29 is 23.8 Å². The molecule has 0 spiro atoms. The summed E-state index contributed by atoms with van der Waals surface area (Å²) in [6.07, 6.45) is 2.18. The van der Waals surface area contributed by atoms with E-state index in [0.717, 1.165) is 19.6 Å². The number of likely N-dealkylation sites (tertiary alicyclic amines) is 1. The molecule has 0 radical (unpaired) electrons. The average molecular weight is 447 g/mol. The van der Waals surface area contributed by atoms with Gasteiger partial charge in [-0.15, -0.1) is 0 Å². The second kappa shape index (κ2) is 10.0. The van der Waals surface area contributed by atoms with E-state index in [1.54, 1.807) is 24.3 Å². The maximum absolute atomic E-state index is 12.9. The predicted molar refractivity (Wildman–Crippen MR) is 118 cm³/mol. The van der Waals surface area contributed by atoms with Crippen LogP contribution in [0.25, 0.3) is 5.76 Å². The lowest BCUT2D eigenvalue weighted by atomic mass is 9.99. The molecule has 1 amide bonds. The molecular weight excluding hydrogens is 420 g/mol. The third-order valence-corrected chi connectivity index (χ3v) is 5.84. The lowest BCUT2D eigenvalue weighted by Crippen LogP contribution is -2.33. The van der Waals surface area contributed by atoms with E-state index in [2.05, 4.69) is 18.7 Å². The predicted octanol–water partition coefficient (Wildman–Crippen LogP) is 4.10. The minimum atomic E-state index is -0.799. The molecule has 0 aliphatic carbocycles. The number of rotatable bonds is 9. The van der Waals surface area contributed by atoms with Crippen LogP contribution in [-0.4, -0.2) is 59.9 Å². The van der Waals surface area contributed by atoms with E-state index in [1.165, 1.54) is 24.3 Å². The number of furan rings is 1. The molecule has 0 saturated carbocycles. The third kappa shape index (κ3) is 4.62. The number of aliphatic hydroxyl groups excluding tert-OH is 1. The molecule has 7 nitrogen and oxygen atoms in total. The fourth-order valence-corrected chi connectivity index (χ4v) is 4.08. The highest BCUT2D eigenvalue weighted by molar-refractivity contribution is 6.46. The molecule has 1 N–H and O–H groups in total. The number of Topliss-reactive ketones (excluding diaryl/α,β-unsaturated/α-hetero) is 1. The van der Waals surface area contributed by atoms with Crippen LogP contribution in [0.4, 0.5) is 0 Å². The topological polar surface area (TPSA) is 83.2 Å². The van der Waals surface area contributed by atoms with Crippen molar-refractivity contribution in [1.82, 2.24) is 9.80 Å². The molecule has 0 bridgehead atoms. The van der Waals surface area contributed by atoms with Crippen molar-refractivity contribution in [3.8, 4) is 5.75 Å². The first-order valence-electron chi connectivity index (χ1n) is 10.3. The van der Waals surface area contributed by atoms with Gasteiger partial charge in [0.2, 0.25) is 0 Å². The zero-order chi connectivity index (χ0) is 22.5. The minimum absolute atomic E-state index is 0.0102. The molecule has 31 heavy (non-hydrogen) atoms. The first kappa shape index (κ1) is 22.9. The molecule has 1 aromatic carbocycles. The van der Waals surface area contributed by atoms with Crippen molar-refractivity contribution >= 4 is 29.1 Å². The molecule has 1 aliphatic rings. The fraction of sp³-hybridized carbons (Fsp3) is 0.391. The van der Waals surface area contributed by atoms with Gasteiger partial charge in [-0.05, 0) is 56.4 Å². The van der Waals surface area contributed by atoms with Gasteiger partial charge in [-0.25, -0.2) is 0 Å². The maximum atomic E-state index is 12.9. The van der Waals surface area contributed by atoms with Crippen LogP contribution in [0.15, 0.2) is 46.6 Å². The Morgan fingerprint density at radius 1 is 1.26 bits per heavy atom. The zero-order valence-electron chi connectivity index (χ0n) is 17.9. The van der Waals surface area contributed by atoms with E-state index in [1.807, 2.05) is 0 Å². The Labute approximate surface area is 186 Å². The number of nitrogens with zero attached hydrogens (tertiary/aromatic N) is 2. The van der Waals surface area contributed by atoms with Gasteiger partial charge in [0.25, 0.3) is 11.7 Å². The number of benzene rings is 1. The molecule has 1 atom stereocenters. The van der Waals surface area contributed by atoms with E-state index in [9.17, 15) is 14.7 Å². The Balaban J connectivity index is 1.98. The molecular formula is C23H27ClN2O5. The molecule has 166 valence electrons. The van der Waals surface area contributed by atoms with Crippen LogP contribution in [0.3, 0.4) is 0 Å². The largest absolute Gasteiger partial charge is 0.507 e. The zero-order valence-corrected chi connectivity index (χ0v) is 18.7. The highest BCUT2D eigenvalue weighted by Crippen LogP contribution is 2.40. The molecule has 8 heteroatoms. The fourth-order valence-electron chi connectivity index (χ4n) is 3.83. The first-order valence-corrected chi connectivity index (χ1v) is 10.7. The molecule has 2 aromatic rings. The molecule has 1 fully saturated rings. The van der Waals surface area contributed by atoms with Crippen LogP contribution in [0.1, 0.15) is 37.6 Å². The average Bonchev–Trinajstić information content (AvgIpc) is 3.38. The van der Waals surface area contributed by atoms with Gasteiger partial charge in [-0.3, -0.25) is 9.59 Å². The Bertz CT molecular complexity index is 966. The summed E-state index contributed by atoms with van der Waals surface area (Å²) in [5.74, 6) is -0.827. The van der Waals surface area contributed by atoms with Gasteiger partial charge in [0.1, 0.15) is 23.3 Å². The molecule has 2 heterocycles. The second-order valence-electron chi connectivity index (χ2n) is 7.24. The second-order valence-corrected chi connectivity index (χ2v) is 7.64. The highest BCUT2D eigenvalue weighted by Gasteiger charge is 2.47. The summed E-state index contributed by atoms with van der Waals surface area (Å²) in [7, 11) is 1.49. The number of methoxy groups -OCH3 is 1. The SMILES string of the molecule is CCN(CC)CCCN1C(=O)C(=O)/C(=C(\O)c2ccc(OC)c(Cl)c2)C1c1ccco1. The Hall–Kier alpha value is -2.77. The number of ether oxygens (including phenoxy) is 1. The third-order valence-electron chi connectivity index (χ3n) is 5.55. The minimum Gasteiger partial charge on any atom is -0.507 e. The molecule has 1 saturated heterocycles. The van der Waals surface area contributed by atoms with E-state index in [4.69, 9.17) is 20.8 Å². The summed E-state index contributed by atoms with van der Waals surface area (Å²) in [6, 6.07) is 7.28. The lowest BCUT2D eigenvalue weighted by molar-refractivity contribution is -0.140. The van der Waals surface area contributed by atoms with Crippen molar-refractivity contribution in [1.29, 1.82) is 0 Å². The molecule has 1 aromatic heterocycles. The van der Waals surface area contributed by atoms with Crippen molar-refractivity contribution in [2.45, 2.75) is 26.3 Å². The number of carbonyl (C=O) groups excluding carboxylic acids is 2. The number of aliphatic hydroxyl groups is 1. The molecule has 1 aliphatic heterocycles. The van der Waals surface area contributed by atoms with Crippen LogP contribution in [0.2, 0.25) is 5.02 Å². The van der Waals surface area contributed by atoms with Crippen molar-refractivity contribution in [2.75, 3.05) is 33.3 Å². The van der Waals surface area contributed by atoms with Crippen molar-refractivity contribution in [3.05, 3.63) is 58.5 Å². The van der Waals surface area contributed by atoms with Gasteiger partial charge < -0.3 is 24.1 Å². The molecule has 1 unspecified atom stereocenters. The summed E-state index contributed by atoms with van der Waals surface area (Å²) >= 11 is 6.19. The van der Waals surface area contributed by atoms with Crippen LogP contribution in [-0.2, 0) is 9.59 Å². The Morgan fingerprint density at radius 3 is 2.58 bits per heavy atom. The Kier molecular flexibility index (Phi) is 7.41. The summed E-state index contributed by atoms with van der Waals surface area (Å²) in [4.78, 5) is 29.5. The maximum Gasteiger partial charge on any atom is 0.295 e. The van der Waals surface area contributed by atoms with Crippen LogP contribution >= 0.6 is 11.6 Å². The monoisotopic (exact) mass is 446 g/mol. The lowest BCUT2D eigenvalue weighted by Gasteiger charge is -2.25. The Morgan fingerprint density at radius 2 is 2.00 bits per heavy atom. The number of carbonyl (C=O) groups is 2. The smallest absolute Gasteiger partial charge is 0.295 e. The summed E-state index contributed by atoms with van der Waals surface area (Å²) < 4.78 is 10.7. The van der Waals surface area contributed by atoms with E-state index < -0.39 is 17.7 Å². The van der Waals surface area contributed by atoms with Gasteiger partial charge >= 0.3 is 0 Å². The van der Waals surface area contributed by atoms with Gasteiger partial charge in [0, 0.05) is 12.1 Å². The summed E-state index contributed by atoms with van der Waals surface area (Å²) in [5, 5.41) is 11.3.